The largest absolute Gasteiger partial charge is 0.443 e. The van der Waals surface area contributed by atoms with E-state index >= 15 is 0 Å². The van der Waals surface area contributed by atoms with Gasteiger partial charge in [0, 0.05) is 18.6 Å². The van der Waals surface area contributed by atoms with Crippen LogP contribution in [0.25, 0.3) is 0 Å². The van der Waals surface area contributed by atoms with Crippen molar-refractivity contribution in [2.45, 2.75) is 52.7 Å². The first-order chi connectivity index (χ1) is 7.10. The smallest absolute Gasteiger partial charge is 0.422 e. The van der Waals surface area contributed by atoms with E-state index in [1.165, 1.54) is 0 Å². The summed E-state index contributed by atoms with van der Waals surface area (Å²) in [4.78, 5) is 11.2. The lowest BCUT2D eigenvalue weighted by Gasteiger charge is -2.21. The molecule has 0 bridgehead atoms. The zero-order valence-corrected chi connectivity index (χ0v) is 11.2. The summed E-state index contributed by atoms with van der Waals surface area (Å²) in [7, 11) is 0. The van der Waals surface area contributed by atoms with Crippen molar-refractivity contribution < 1.29 is 9.53 Å². The molecule has 0 heterocycles. The predicted molar refractivity (Wildman–Crippen MR) is 65.1 cm³/mol. The molecule has 0 rings (SSSR count). The molecule has 0 aromatic rings. The minimum atomic E-state index is -0.463. The van der Waals surface area contributed by atoms with Gasteiger partial charge in [-0.15, -0.1) is 0 Å². The lowest BCUT2D eigenvalue weighted by Crippen LogP contribution is -2.46. The summed E-state index contributed by atoms with van der Waals surface area (Å²) in [5.41, 5.74) is 4.90. The Bertz CT molecular complexity index is 216. The monoisotopic (exact) mass is 231 g/mol. The number of carbonyl (C=O) groups excluding carboxylic acids is 1. The molecule has 16 heavy (non-hydrogen) atoms. The molecular formula is C11H25N3O2. The van der Waals surface area contributed by atoms with Gasteiger partial charge >= 0.3 is 6.09 Å². The summed E-state index contributed by atoms with van der Waals surface area (Å²) in [5, 5.41) is 3.29. The maximum absolute atomic E-state index is 11.2. The third kappa shape index (κ3) is 11.3. The van der Waals surface area contributed by atoms with Crippen LogP contribution in [0.5, 0.6) is 0 Å². The van der Waals surface area contributed by atoms with Crippen molar-refractivity contribution in [1.29, 1.82) is 0 Å². The van der Waals surface area contributed by atoms with Crippen LogP contribution in [0.2, 0.25) is 0 Å². The van der Waals surface area contributed by atoms with E-state index in [0.717, 1.165) is 6.54 Å². The first-order valence-corrected chi connectivity index (χ1v) is 5.57. The highest BCUT2D eigenvalue weighted by Gasteiger charge is 2.15. The summed E-state index contributed by atoms with van der Waals surface area (Å²) in [5.74, 6) is 0. The minimum Gasteiger partial charge on any atom is -0.443 e. The van der Waals surface area contributed by atoms with Gasteiger partial charge in [0.25, 0.3) is 0 Å². The van der Waals surface area contributed by atoms with Crippen molar-refractivity contribution in [2.24, 2.45) is 0 Å². The number of hydrogen-bond acceptors (Lipinski definition) is 4. The standard InChI is InChI=1S/C11H25N3O2/c1-10(2,3)12-7-8-13-14-9(15)16-11(4,5)6/h12-13H,7-8H2,1-6H3,(H,14,15). The number of carbonyl (C=O) groups is 1. The lowest BCUT2D eigenvalue weighted by molar-refractivity contribution is 0.0499. The van der Waals surface area contributed by atoms with Gasteiger partial charge < -0.3 is 10.1 Å². The first kappa shape index (κ1) is 15.2. The summed E-state index contributed by atoms with van der Waals surface area (Å²) in [6.45, 7) is 13.2. The molecular weight excluding hydrogens is 206 g/mol. The van der Waals surface area contributed by atoms with Gasteiger partial charge in [0.2, 0.25) is 0 Å². The van der Waals surface area contributed by atoms with Gasteiger partial charge in [-0.1, -0.05) is 0 Å². The average molecular weight is 231 g/mol. The second-order valence-corrected chi connectivity index (χ2v) is 5.73. The Labute approximate surface area is 98.3 Å². The van der Waals surface area contributed by atoms with E-state index in [4.69, 9.17) is 4.74 Å². The molecule has 0 aromatic carbocycles. The van der Waals surface area contributed by atoms with Crippen molar-refractivity contribution >= 4 is 6.09 Å². The molecule has 0 aromatic heterocycles. The second kappa shape index (κ2) is 6.06. The van der Waals surface area contributed by atoms with Crippen molar-refractivity contribution in [1.82, 2.24) is 16.2 Å². The van der Waals surface area contributed by atoms with Gasteiger partial charge in [0.1, 0.15) is 5.60 Å². The highest BCUT2D eigenvalue weighted by atomic mass is 16.6. The topological polar surface area (TPSA) is 62.4 Å². The Hall–Kier alpha value is -0.810. The third-order valence-electron chi connectivity index (χ3n) is 1.49. The van der Waals surface area contributed by atoms with Gasteiger partial charge in [0.15, 0.2) is 0 Å². The molecule has 0 radical (unpaired) electrons. The number of nitrogens with one attached hydrogen (secondary N) is 3. The molecule has 0 fully saturated rings. The molecule has 96 valence electrons. The highest BCUT2D eigenvalue weighted by molar-refractivity contribution is 5.66. The minimum absolute atomic E-state index is 0.0909. The van der Waals surface area contributed by atoms with Crippen LogP contribution in [0.3, 0.4) is 0 Å². The summed E-state index contributed by atoms with van der Waals surface area (Å²) in [6.07, 6.45) is -0.455. The molecule has 5 heteroatoms. The molecule has 0 spiro atoms. The highest BCUT2D eigenvalue weighted by Crippen LogP contribution is 2.05. The fourth-order valence-electron chi connectivity index (χ4n) is 0.938. The molecule has 0 saturated heterocycles. The zero-order valence-electron chi connectivity index (χ0n) is 11.2. The first-order valence-electron chi connectivity index (χ1n) is 5.57. The molecule has 3 N–H and O–H groups in total. The third-order valence-corrected chi connectivity index (χ3v) is 1.49. The lowest BCUT2D eigenvalue weighted by atomic mass is 10.1. The van der Waals surface area contributed by atoms with Gasteiger partial charge in [-0.3, -0.25) is 5.43 Å². The maximum atomic E-state index is 11.2. The quantitative estimate of drug-likeness (QED) is 0.505. The van der Waals surface area contributed by atoms with Crippen molar-refractivity contribution in [3.8, 4) is 0 Å². The summed E-state index contributed by atoms with van der Waals surface area (Å²) < 4.78 is 5.05. The van der Waals surface area contributed by atoms with Crippen LogP contribution in [-0.4, -0.2) is 30.3 Å². The van der Waals surface area contributed by atoms with E-state index < -0.39 is 11.7 Å². The number of rotatable bonds is 4. The zero-order chi connectivity index (χ0) is 12.8. The summed E-state index contributed by atoms with van der Waals surface area (Å²) >= 11 is 0. The molecule has 5 nitrogen and oxygen atoms in total. The van der Waals surface area contributed by atoms with Crippen LogP contribution in [-0.2, 0) is 4.74 Å². The van der Waals surface area contributed by atoms with Crippen LogP contribution in [0.15, 0.2) is 0 Å². The molecule has 0 atom stereocenters. The Morgan fingerprint density at radius 1 is 1.06 bits per heavy atom. The van der Waals surface area contributed by atoms with E-state index in [0.29, 0.717) is 6.54 Å². The SMILES string of the molecule is CC(C)(C)NCCNNC(=O)OC(C)(C)C. The second-order valence-electron chi connectivity index (χ2n) is 5.73. The summed E-state index contributed by atoms with van der Waals surface area (Å²) in [6, 6.07) is 0. The van der Waals surface area contributed by atoms with Crippen LogP contribution in [0.1, 0.15) is 41.5 Å². The molecule has 0 aliphatic carbocycles. The normalized spacial score (nSPS) is 12.4. The fourth-order valence-corrected chi connectivity index (χ4v) is 0.938. The van der Waals surface area contributed by atoms with E-state index in [9.17, 15) is 4.79 Å². The molecule has 0 unspecified atom stereocenters. The van der Waals surface area contributed by atoms with Crippen LogP contribution in [0, 0.1) is 0 Å². The number of amides is 1. The van der Waals surface area contributed by atoms with Gasteiger partial charge in [-0.05, 0) is 41.5 Å². The van der Waals surface area contributed by atoms with Crippen molar-refractivity contribution in [3.05, 3.63) is 0 Å². The number of ether oxygens (including phenoxy) is 1. The Morgan fingerprint density at radius 2 is 1.62 bits per heavy atom. The average Bonchev–Trinajstić information content (AvgIpc) is 1.97. The Kier molecular flexibility index (Phi) is 5.75. The van der Waals surface area contributed by atoms with Crippen molar-refractivity contribution in [3.63, 3.8) is 0 Å². The fraction of sp³-hybridized carbons (Fsp3) is 0.909. The molecule has 0 saturated carbocycles. The van der Waals surface area contributed by atoms with Gasteiger partial charge in [-0.2, -0.15) is 0 Å². The van der Waals surface area contributed by atoms with Crippen molar-refractivity contribution in [2.75, 3.05) is 13.1 Å². The molecule has 0 aliphatic heterocycles. The number of hydrogen-bond donors (Lipinski definition) is 3. The van der Waals surface area contributed by atoms with Gasteiger partial charge in [0.05, 0.1) is 0 Å². The Balaban J connectivity index is 3.50. The van der Waals surface area contributed by atoms with E-state index in [2.05, 4.69) is 36.9 Å². The maximum Gasteiger partial charge on any atom is 0.422 e. The van der Waals surface area contributed by atoms with Gasteiger partial charge in [-0.25, -0.2) is 10.2 Å². The van der Waals surface area contributed by atoms with Crippen LogP contribution >= 0.6 is 0 Å². The van der Waals surface area contributed by atoms with E-state index in [1.807, 2.05) is 20.8 Å². The molecule has 1 amide bonds. The number of hydrazine groups is 1. The predicted octanol–water partition coefficient (Wildman–Crippen LogP) is 1.40. The Morgan fingerprint density at radius 3 is 2.06 bits per heavy atom. The van der Waals surface area contributed by atoms with Crippen LogP contribution in [0.4, 0.5) is 4.79 Å². The van der Waals surface area contributed by atoms with E-state index in [1.54, 1.807) is 0 Å². The van der Waals surface area contributed by atoms with E-state index in [-0.39, 0.29) is 5.54 Å². The van der Waals surface area contributed by atoms with Crippen LogP contribution < -0.4 is 16.2 Å². The molecule has 0 aliphatic rings.